The third kappa shape index (κ3) is 2.75. The molecule has 0 unspecified atom stereocenters. The Morgan fingerprint density at radius 1 is 1.33 bits per heavy atom. The van der Waals surface area contributed by atoms with Crippen molar-refractivity contribution in [2.24, 2.45) is 11.1 Å². The molecule has 7 heteroatoms. The molecule has 0 spiro atoms. The molecule has 1 aliphatic carbocycles. The maximum absolute atomic E-state index is 12.2. The van der Waals surface area contributed by atoms with Gasteiger partial charge in [-0.15, -0.1) is 0 Å². The number of aromatic nitrogens is 2. The number of benzene rings is 1. The average molecular weight is 353 g/mol. The van der Waals surface area contributed by atoms with Crippen LogP contribution in [0.2, 0.25) is 0 Å². The first kappa shape index (κ1) is 14.3. The third-order valence-electron chi connectivity index (χ3n) is 4.26. The van der Waals surface area contributed by atoms with Crippen LogP contribution in [-0.2, 0) is 4.79 Å². The topological polar surface area (TPSA) is 104 Å². The Morgan fingerprint density at radius 2 is 2.00 bits per heavy atom. The Balaban J connectivity index is 1.79. The Labute approximate surface area is 129 Å². The van der Waals surface area contributed by atoms with Gasteiger partial charge < -0.3 is 21.0 Å². The van der Waals surface area contributed by atoms with E-state index >= 15 is 0 Å². The molecular formula is C14H17BrN4O2. The van der Waals surface area contributed by atoms with Gasteiger partial charge in [0.15, 0.2) is 0 Å². The van der Waals surface area contributed by atoms with E-state index < -0.39 is 0 Å². The number of nitrogens with one attached hydrogen (secondary N) is 3. The number of hydrogen-bond acceptors (Lipinski definition) is 3. The number of carbonyl (C=O) groups excluding carboxylic acids is 1. The lowest BCUT2D eigenvalue weighted by Gasteiger charge is -2.40. The lowest BCUT2D eigenvalue weighted by atomic mass is 9.66. The number of carbonyl (C=O) groups is 1. The molecule has 1 aliphatic rings. The van der Waals surface area contributed by atoms with Crippen LogP contribution in [0, 0.1) is 5.41 Å². The standard InChI is InChI=1S/C14H17BrN4O2/c15-8-4-10-11(19-13(21)18-10)5-9(8)17-12(20)6-14(7-16)2-1-3-14/h4-5H,1-3,6-7,16H2,(H,17,20)(H2,18,19,21). The summed E-state index contributed by atoms with van der Waals surface area (Å²) in [4.78, 5) is 28.8. The van der Waals surface area contributed by atoms with E-state index in [0.717, 1.165) is 23.7 Å². The normalized spacial score (nSPS) is 16.7. The molecule has 3 rings (SSSR count). The zero-order valence-electron chi connectivity index (χ0n) is 11.5. The summed E-state index contributed by atoms with van der Waals surface area (Å²) >= 11 is 3.41. The van der Waals surface area contributed by atoms with Crippen LogP contribution in [0.3, 0.4) is 0 Å². The number of nitrogens with two attached hydrogens (primary N) is 1. The summed E-state index contributed by atoms with van der Waals surface area (Å²) in [5.41, 5.74) is 7.50. The van der Waals surface area contributed by atoms with Gasteiger partial charge in [-0.25, -0.2) is 4.79 Å². The van der Waals surface area contributed by atoms with Crippen LogP contribution in [0.1, 0.15) is 25.7 Å². The number of H-pyrrole nitrogens is 2. The molecule has 6 nitrogen and oxygen atoms in total. The second-order valence-electron chi connectivity index (χ2n) is 5.74. The predicted octanol–water partition coefficient (Wildman–Crippen LogP) is 2.08. The van der Waals surface area contributed by atoms with Gasteiger partial charge in [0.05, 0.1) is 16.7 Å². The second-order valence-corrected chi connectivity index (χ2v) is 6.59. The van der Waals surface area contributed by atoms with Gasteiger partial charge in [-0.05, 0) is 52.9 Å². The lowest BCUT2D eigenvalue weighted by molar-refractivity contribution is -0.119. The molecule has 0 bridgehead atoms. The molecule has 5 N–H and O–H groups in total. The van der Waals surface area contributed by atoms with Crippen molar-refractivity contribution in [2.75, 3.05) is 11.9 Å². The van der Waals surface area contributed by atoms with Crippen molar-refractivity contribution in [1.82, 2.24) is 9.97 Å². The van der Waals surface area contributed by atoms with E-state index in [4.69, 9.17) is 5.73 Å². The van der Waals surface area contributed by atoms with Crippen molar-refractivity contribution in [2.45, 2.75) is 25.7 Å². The zero-order chi connectivity index (χ0) is 15.0. The van der Waals surface area contributed by atoms with Crippen LogP contribution in [-0.4, -0.2) is 22.4 Å². The quantitative estimate of drug-likeness (QED) is 0.676. The second kappa shape index (κ2) is 5.31. The minimum absolute atomic E-state index is 0.0247. The lowest BCUT2D eigenvalue weighted by Crippen LogP contribution is -2.40. The summed E-state index contributed by atoms with van der Waals surface area (Å²) in [7, 11) is 0. The van der Waals surface area contributed by atoms with Crippen LogP contribution in [0.4, 0.5) is 5.69 Å². The van der Waals surface area contributed by atoms with Crippen LogP contribution in [0.15, 0.2) is 21.4 Å². The number of hydrogen-bond donors (Lipinski definition) is 4. The largest absolute Gasteiger partial charge is 0.330 e. The Hall–Kier alpha value is -1.60. The summed E-state index contributed by atoms with van der Waals surface area (Å²) in [5, 5.41) is 2.89. The number of fused-ring (bicyclic) bond motifs is 1. The molecule has 2 aromatic rings. The molecule has 1 saturated carbocycles. The predicted molar refractivity (Wildman–Crippen MR) is 85.2 cm³/mol. The molecule has 1 amide bonds. The van der Waals surface area contributed by atoms with Gasteiger partial charge in [-0.2, -0.15) is 0 Å². The smallest absolute Gasteiger partial charge is 0.323 e. The third-order valence-corrected chi connectivity index (χ3v) is 4.92. The van der Waals surface area contributed by atoms with Gasteiger partial charge in [0, 0.05) is 10.9 Å². The number of amides is 1. The van der Waals surface area contributed by atoms with Gasteiger partial charge in [0.2, 0.25) is 5.91 Å². The van der Waals surface area contributed by atoms with Crippen LogP contribution in [0.5, 0.6) is 0 Å². The number of imidazole rings is 1. The van der Waals surface area contributed by atoms with Crippen molar-refractivity contribution >= 4 is 38.6 Å². The van der Waals surface area contributed by atoms with E-state index in [1.54, 1.807) is 12.1 Å². The molecule has 0 radical (unpaired) electrons. The fourth-order valence-electron chi connectivity index (χ4n) is 2.82. The fraction of sp³-hybridized carbons (Fsp3) is 0.429. The highest BCUT2D eigenvalue weighted by molar-refractivity contribution is 9.10. The first-order valence-electron chi connectivity index (χ1n) is 6.93. The van der Waals surface area contributed by atoms with E-state index in [2.05, 4.69) is 31.2 Å². The van der Waals surface area contributed by atoms with Crippen molar-refractivity contribution in [1.29, 1.82) is 0 Å². The summed E-state index contributed by atoms with van der Waals surface area (Å²) < 4.78 is 0.731. The highest BCUT2D eigenvalue weighted by Gasteiger charge is 2.37. The van der Waals surface area contributed by atoms with Crippen LogP contribution < -0.4 is 16.7 Å². The van der Waals surface area contributed by atoms with E-state index in [0.29, 0.717) is 29.7 Å². The number of aromatic amines is 2. The average Bonchev–Trinajstić information content (AvgIpc) is 2.73. The van der Waals surface area contributed by atoms with E-state index in [9.17, 15) is 9.59 Å². The van der Waals surface area contributed by atoms with Gasteiger partial charge in [0.1, 0.15) is 0 Å². The maximum atomic E-state index is 12.2. The Bertz CT molecular complexity index is 739. The van der Waals surface area contributed by atoms with Crippen molar-refractivity contribution in [3.8, 4) is 0 Å². The highest BCUT2D eigenvalue weighted by Crippen LogP contribution is 2.43. The highest BCUT2D eigenvalue weighted by atomic mass is 79.9. The van der Waals surface area contributed by atoms with E-state index in [1.165, 1.54) is 0 Å². The van der Waals surface area contributed by atoms with Crippen LogP contribution in [0.25, 0.3) is 11.0 Å². The van der Waals surface area contributed by atoms with Gasteiger partial charge in [0.25, 0.3) is 0 Å². The summed E-state index contributed by atoms with van der Waals surface area (Å²) in [5.74, 6) is -0.0434. The molecule has 1 fully saturated rings. The minimum Gasteiger partial charge on any atom is -0.330 e. The van der Waals surface area contributed by atoms with E-state index in [1.807, 2.05) is 0 Å². The molecule has 1 aromatic heterocycles. The van der Waals surface area contributed by atoms with Crippen molar-refractivity contribution in [3.63, 3.8) is 0 Å². The number of anilines is 1. The summed E-state index contributed by atoms with van der Waals surface area (Å²) in [6.45, 7) is 0.547. The van der Waals surface area contributed by atoms with Gasteiger partial charge >= 0.3 is 5.69 Å². The van der Waals surface area contributed by atoms with Crippen LogP contribution >= 0.6 is 15.9 Å². The molecule has 21 heavy (non-hydrogen) atoms. The number of rotatable bonds is 4. The van der Waals surface area contributed by atoms with Crippen molar-refractivity contribution in [3.05, 3.63) is 27.1 Å². The monoisotopic (exact) mass is 352 g/mol. The molecule has 0 saturated heterocycles. The summed E-state index contributed by atoms with van der Waals surface area (Å²) in [6.07, 6.45) is 3.62. The Kier molecular flexibility index (Phi) is 3.62. The minimum atomic E-state index is -0.267. The molecular weight excluding hydrogens is 336 g/mol. The Morgan fingerprint density at radius 3 is 2.57 bits per heavy atom. The van der Waals surface area contributed by atoms with E-state index in [-0.39, 0.29) is 17.0 Å². The first-order chi connectivity index (χ1) is 10.0. The molecule has 0 atom stereocenters. The molecule has 1 aromatic carbocycles. The molecule has 112 valence electrons. The SMILES string of the molecule is NCC1(CC(=O)Nc2cc3[nH]c(=O)[nH]c3cc2Br)CCC1. The van der Waals surface area contributed by atoms with Gasteiger partial charge in [-0.1, -0.05) is 6.42 Å². The first-order valence-corrected chi connectivity index (χ1v) is 7.72. The summed E-state index contributed by atoms with van der Waals surface area (Å²) in [6, 6.07) is 3.51. The fourth-order valence-corrected chi connectivity index (χ4v) is 3.26. The molecule has 0 aliphatic heterocycles. The van der Waals surface area contributed by atoms with Gasteiger partial charge in [-0.3, -0.25) is 4.79 Å². The number of halogens is 1. The molecule has 1 heterocycles. The zero-order valence-corrected chi connectivity index (χ0v) is 13.0. The van der Waals surface area contributed by atoms with Crippen molar-refractivity contribution < 1.29 is 4.79 Å². The maximum Gasteiger partial charge on any atom is 0.323 e.